The molecular formula is C30H72O4Si2Zr. The normalized spacial score (nSPS) is 10.7. The van der Waals surface area contributed by atoms with Crippen LogP contribution in [0.25, 0.3) is 0 Å². The van der Waals surface area contributed by atoms with Crippen LogP contribution in [0.15, 0.2) is 0 Å². The van der Waals surface area contributed by atoms with Crippen LogP contribution in [0, 0.1) is 0 Å². The fraction of sp³-hybridized carbons (Fsp3) is 1.00. The Bertz CT molecular complexity index is 296. The zero-order chi connectivity index (χ0) is 28.6. The molecule has 0 aromatic heterocycles. The van der Waals surface area contributed by atoms with Crippen molar-refractivity contribution in [3.8, 4) is 0 Å². The topological polar surface area (TPSA) is 80.9 Å². The fourth-order valence-corrected chi connectivity index (χ4v) is 11.4. The Hall–Kier alpha value is 1.16. The number of aliphatic hydroxyl groups is 2. The Balaban J connectivity index is -0.000000140. The van der Waals surface area contributed by atoms with Crippen molar-refractivity contribution in [3.05, 3.63) is 0 Å². The quantitative estimate of drug-likeness (QED) is 0.0997. The minimum Gasteiger partial charge on any atom is -0.432 e. The summed E-state index contributed by atoms with van der Waals surface area (Å²) in [6.45, 7) is 17.8. The van der Waals surface area contributed by atoms with Crippen LogP contribution in [-0.2, 0) is 26.2 Å². The van der Waals surface area contributed by atoms with E-state index >= 15 is 0 Å². The molecule has 0 atom stereocenters. The summed E-state index contributed by atoms with van der Waals surface area (Å²) in [5, 5.41) is 15.8. The van der Waals surface area contributed by atoms with Gasteiger partial charge in [-0.3, -0.25) is 0 Å². The molecule has 0 amide bonds. The molecular weight excluding hydrogens is 572 g/mol. The first-order valence-corrected chi connectivity index (χ1v) is 21.0. The summed E-state index contributed by atoms with van der Waals surface area (Å²) in [4.78, 5) is 21.1. The van der Waals surface area contributed by atoms with Crippen molar-refractivity contribution < 1.29 is 46.0 Å². The number of aliphatic hydroxyl groups excluding tert-OH is 2. The molecule has 0 rings (SSSR count). The van der Waals surface area contributed by atoms with E-state index in [9.17, 15) is 9.59 Å². The Labute approximate surface area is 256 Å². The predicted octanol–water partition coefficient (Wildman–Crippen LogP) is 9.42. The van der Waals surface area contributed by atoms with E-state index in [1.807, 2.05) is 13.8 Å². The number of unbranched alkanes of at least 4 members (excludes halogenated alkanes) is 6. The molecule has 0 saturated heterocycles. The van der Waals surface area contributed by atoms with E-state index in [4.69, 9.17) is 10.2 Å². The number of hydrogen-bond donors (Lipinski definition) is 4. The van der Waals surface area contributed by atoms with Gasteiger partial charge in [0.2, 0.25) is 0 Å². The first-order valence-electron chi connectivity index (χ1n) is 15.9. The van der Waals surface area contributed by atoms with Gasteiger partial charge in [0.25, 0.3) is 0 Å². The third kappa shape index (κ3) is 41.8. The molecule has 0 aliphatic rings. The minimum atomic E-state index is -1.81. The van der Waals surface area contributed by atoms with Crippen molar-refractivity contribution in [1.82, 2.24) is 0 Å². The molecule has 37 heavy (non-hydrogen) atoms. The van der Waals surface area contributed by atoms with Crippen LogP contribution in [-0.4, -0.2) is 49.7 Å². The molecule has 228 valence electrons. The van der Waals surface area contributed by atoms with E-state index in [1.165, 1.54) is 77.0 Å². The molecule has 0 fully saturated rings. The molecule has 0 aromatic rings. The predicted molar refractivity (Wildman–Crippen MR) is 169 cm³/mol. The van der Waals surface area contributed by atoms with Gasteiger partial charge in [0.1, 0.15) is 0 Å². The Morgan fingerprint density at radius 3 is 0.568 bits per heavy atom. The third-order valence-corrected chi connectivity index (χ3v) is 14.1. The van der Waals surface area contributed by atoms with E-state index in [0.717, 1.165) is 49.1 Å². The van der Waals surface area contributed by atoms with Gasteiger partial charge in [-0.15, -0.1) is 0 Å². The van der Waals surface area contributed by atoms with Crippen LogP contribution in [0.2, 0.25) is 36.3 Å². The van der Waals surface area contributed by atoms with Crippen molar-refractivity contribution in [2.24, 2.45) is 0 Å². The Kier molecular flexibility index (Phi) is 50.9. The third-order valence-electron chi connectivity index (χ3n) is 6.42. The van der Waals surface area contributed by atoms with Gasteiger partial charge in [-0.2, -0.15) is 0 Å². The summed E-state index contributed by atoms with van der Waals surface area (Å²) < 4.78 is 0. The van der Waals surface area contributed by atoms with Gasteiger partial charge in [-0.05, 0) is 49.1 Å². The summed E-state index contributed by atoms with van der Waals surface area (Å²) in [5.74, 6) is 0. The van der Waals surface area contributed by atoms with Gasteiger partial charge >= 0.3 is 0 Å². The maximum absolute atomic E-state index is 10.5. The molecule has 0 saturated carbocycles. The maximum atomic E-state index is 10.5. The molecule has 0 radical (unpaired) electrons. The largest absolute Gasteiger partial charge is 0.432 e. The molecule has 0 aromatic carbocycles. The second-order valence-electron chi connectivity index (χ2n) is 10.5. The summed E-state index contributed by atoms with van der Waals surface area (Å²) in [5.41, 5.74) is 0. The molecule has 0 unspecified atom stereocenters. The summed E-state index contributed by atoms with van der Waals surface area (Å²) in [6.07, 6.45) is 16.5. The SMILES string of the molecule is CCCC[Si](O)(CCCC)CCCC.CCCC[Si](O)(CCCC)CCCC.CCCO.CCCO.[Zr]. The number of rotatable bonds is 20. The van der Waals surface area contributed by atoms with Crippen LogP contribution >= 0.6 is 0 Å². The van der Waals surface area contributed by atoms with Crippen molar-refractivity contribution >= 4 is 16.6 Å². The fourth-order valence-electron chi connectivity index (χ4n) is 3.79. The first kappa shape index (κ1) is 47.9. The van der Waals surface area contributed by atoms with E-state index < -0.39 is 16.6 Å². The van der Waals surface area contributed by atoms with Gasteiger partial charge < -0.3 is 19.8 Å². The van der Waals surface area contributed by atoms with E-state index in [-0.39, 0.29) is 26.2 Å². The van der Waals surface area contributed by atoms with Gasteiger partial charge in [-0.25, -0.2) is 0 Å². The average Bonchev–Trinajstić information content (AvgIpc) is 2.91. The standard InChI is InChI=1S/2C12H28OSi.2C3H8O.Zr/c2*1-4-7-10-14(13,11-8-5-2)12-9-6-3;2*1-2-3-4;/h2*13H,4-12H2,1-3H3;2*4H,2-3H2,1H3;. The molecule has 0 aliphatic heterocycles. The van der Waals surface area contributed by atoms with E-state index in [1.54, 1.807) is 0 Å². The van der Waals surface area contributed by atoms with Gasteiger partial charge in [-0.1, -0.05) is 132 Å². The van der Waals surface area contributed by atoms with Gasteiger partial charge in [0.15, 0.2) is 16.6 Å². The van der Waals surface area contributed by atoms with Gasteiger partial charge in [0.05, 0.1) is 0 Å². The molecule has 0 heterocycles. The molecule has 7 heteroatoms. The molecule has 4 nitrogen and oxygen atoms in total. The molecule has 0 aliphatic carbocycles. The van der Waals surface area contributed by atoms with E-state index in [0.29, 0.717) is 13.2 Å². The molecule has 0 spiro atoms. The average molecular weight is 644 g/mol. The zero-order valence-corrected chi connectivity index (χ0v) is 31.3. The number of hydrogen-bond acceptors (Lipinski definition) is 4. The zero-order valence-electron chi connectivity index (χ0n) is 26.8. The smallest absolute Gasteiger partial charge is 0.188 e. The van der Waals surface area contributed by atoms with Crippen LogP contribution in [0.4, 0.5) is 0 Å². The van der Waals surface area contributed by atoms with Crippen LogP contribution in [0.3, 0.4) is 0 Å². The summed E-state index contributed by atoms with van der Waals surface area (Å²) in [6, 6.07) is 6.85. The maximum Gasteiger partial charge on any atom is 0.188 e. The van der Waals surface area contributed by atoms with Crippen molar-refractivity contribution in [2.45, 2.75) is 182 Å². The van der Waals surface area contributed by atoms with Crippen LogP contribution in [0.5, 0.6) is 0 Å². The van der Waals surface area contributed by atoms with Gasteiger partial charge in [0, 0.05) is 39.4 Å². The monoisotopic (exact) mass is 642 g/mol. The second kappa shape index (κ2) is 39.3. The second-order valence-corrected chi connectivity index (χ2v) is 18.4. The van der Waals surface area contributed by atoms with E-state index in [2.05, 4.69) is 41.5 Å². The minimum absolute atomic E-state index is 0. The summed E-state index contributed by atoms with van der Waals surface area (Å²) >= 11 is 0. The Morgan fingerprint density at radius 1 is 0.351 bits per heavy atom. The molecule has 0 bridgehead atoms. The van der Waals surface area contributed by atoms with Crippen LogP contribution < -0.4 is 0 Å². The molecule has 4 N–H and O–H groups in total. The first-order chi connectivity index (χ1) is 17.2. The van der Waals surface area contributed by atoms with Crippen molar-refractivity contribution in [1.29, 1.82) is 0 Å². The van der Waals surface area contributed by atoms with Crippen molar-refractivity contribution in [2.75, 3.05) is 13.2 Å². The summed E-state index contributed by atoms with van der Waals surface area (Å²) in [7, 11) is -3.62. The Morgan fingerprint density at radius 2 is 0.486 bits per heavy atom. The van der Waals surface area contributed by atoms with Crippen molar-refractivity contribution in [3.63, 3.8) is 0 Å². The van der Waals surface area contributed by atoms with Crippen LogP contribution in [0.1, 0.15) is 145 Å².